The topological polar surface area (TPSA) is 63.3 Å². The largest absolute Gasteiger partial charge is 0.481 e. The summed E-state index contributed by atoms with van der Waals surface area (Å²) in [6.07, 6.45) is -0.0587. The lowest BCUT2D eigenvalue weighted by atomic mass is 10.2. The number of carbonyl (C=O) groups is 1. The number of carboxylic acid groups (broad SMARTS) is 1. The molecule has 0 saturated carbocycles. The predicted octanol–water partition coefficient (Wildman–Crippen LogP) is 1.88. The van der Waals surface area contributed by atoms with Crippen molar-refractivity contribution in [2.75, 3.05) is 0 Å². The van der Waals surface area contributed by atoms with Crippen molar-refractivity contribution >= 4 is 28.9 Å². The summed E-state index contributed by atoms with van der Waals surface area (Å²) >= 11 is 7.03. The van der Waals surface area contributed by atoms with E-state index < -0.39 is 12.0 Å². The molecule has 3 nitrogen and oxygen atoms in total. The van der Waals surface area contributed by atoms with E-state index in [2.05, 4.69) is 0 Å². The zero-order chi connectivity index (χ0) is 9.14. The van der Waals surface area contributed by atoms with Gasteiger partial charge in [0.15, 0.2) is 0 Å². The average Bonchev–Trinajstić information content (AvgIpc) is 2.34. The van der Waals surface area contributed by atoms with E-state index in [1.807, 2.05) is 0 Å². The summed E-state index contributed by atoms with van der Waals surface area (Å²) in [7, 11) is 0. The number of halogens is 1. The van der Waals surface area contributed by atoms with Crippen LogP contribution in [0.2, 0.25) is 5.02 Å². The summed E-state index contributed by atoms with van der Waals surface area (Å²) in [6, 6.07) is 1.25. The van der Waals surface area contributed by atoms with E-state index in [9.17, 15) is 4.79 Å². The van der Waals surface area contributed by atoms with Gasteiger partial charge < -0.3 is 10.8 Å². The van der Waals surface area contributed by atoms with Crippen LogP contribution in [-0.2, 0) is 4.79 Å². The van der Waals surface area contributed by atoms with Crippen LogP contribution in [-0.4, -0.2) is 11.1 Å². The molecular formula is C7H8ClNO2S. The number of thiophene rings is 1. The highest BCUT2D eigenvalue weighted by atomic mass is 35.5. The third-order valence-electron chi connectivity index (χ3n) is 1.35. The standard InChI is InChI=1S/C7H8ClNO2S/c8-4-1-6(12-3-4)5(9)2-7(10)11/h1,3,5H,2,9H2,(H,10,11)/t5-/m0/s1. The number of hydrogen-bond acceptors (Lipinski definition) is 3. The second kappa shape index (κ2) is 3.89. The van der Waals surface area contributed by atoms with Crippen LogP contribution in [0.5, 0.6) is 0 Å². The smallest absolute Gasteiger partial charge is 0.305 e. The number of aliphatic carboxylic acids is 1. The van der Waals surface area contributed by atoms with Crippen LogP contribution in [0.3, 0.4) is 0 Å². The molecule has 0 aliphatic rings. The van der Waals surface area contributed by atoms with Gasteiger partial charge in [0.05, 0.1) is 11.4 Å². The molecule has 0 fully saturated rings. The van der Waals surface area contributed by atoms with Crippen molar-refractivity contribution in [3.05, 3.63) is 21.3 Å². The van der Waals surface area contributed by atoms with Crippen molar-refractivity contribution in [1.82, 2.24) is 0 Å². The molecule has 5 heteroatoms. The van der Waals surface area contributed by atoms with E-state index in [-0.39, 0.29) is 6.42 Å². The predicted molar refractivity (Wildman–Crippen MR) is 48.5 cm³/mol. The molecule has 1 heterocycles. The van der Waals surface area contributed by atoms with E-state index in [1.165, 1.54) is 11.3 Å². The molecule has 0 radical (unpaired) electrons. The van der Waals surface area contributed by atoms with Gasteiger partial charge in [-0.1, -0.05) is 11.6 Å². The second-order valence-corrected chi connectivity index (χ2v) is 3.75. The van der Waals surface area contributed by atoms with Crippen LogP contribution in [0, 0.1) is 0 Å². The second-order valence-electron chi connectivity index (χ2n) is 2.37. The fourth-order valence-corrected chi connectivity index (χ4v) is 1.90. The minimum atomic E-state index is -0.896. The molecular weight excluding hydrogens is 198 g/mol. The van der Waals surface area contributed by atoms with Gasteiger partial charge in [0.1, 0.15) is 0 Å². The van der Waals surface area contributed by atoms with E-state index in [1.54, 1.807) is 11.4 Å². The molecule has 0 bridgehead atoms. The lowest BCUT2D eigenvalue weighted by molar-refractivity contribution is -0.137. The fraction of sp³-hybridized carbons (Fsp3) is 0.286. The number of nitrogens with two attached hydrogens (primary N) is 1. The van der Waals surface area contributed by atoms with Gasteiger partial charge in [-0.2, -0.15) is 0 Å². The summed E-state index contributed by atoms with van der Waals surface area (Å²) in [6.45, 7) is 0. The molecule has 1 aromatic heterocycles. The molecule has 0 aliphatic carbocycles. The number of hydrogen-bond donors (Lipinski definition) is 2. The van der Waals surface area contributed by atoms with Crippen LogP contribution in [0.1, 0.15) is 17.3 Å². The highest BCUT2D eigenvalue weighted by Gasteiger charge is 2.12. The van der Waals surface area contributed by atoms with E-state index >= 15 is 0 Å². The highest BCUT2D eigenvalue weighted by Crippen LogP contribution is 2.25. The maximum atomic E-state index is 10.3. The van der Waals surface area contributed by atoms with Gasteiger partial charge in [-0.05, 0) is 6.07 Å². The van der Waals surface area contributed by atoms with Crippen molar-refractivity contribution in [3.63, 3.8) is 0 Å². The maximum absolute atomic E-state index is 10.3. The summed E-state index contributed by atoms with van der Waals surface area (Å²) in [4.78, 5) is 11.1. The van der Waals surface area contributed by atoms with E-state index in [0.717, 1.165) is 4.88 Å². The Hall–Kier alpha value is -0.580. The highest BCUT2D eigenvalue weighted by molar-refractivity contribution is 7.10. The van der Waals surface area contributed by atoms with Crippen molar-refractivity contribution in [1.29, 1.82) is 0 Å². The van der Waals surface area contributed by atoms with Gasteiger partial charge in [0.2, 0.25) is 0 Å². The molecule has 1 atom stereocenters. The molecule has 0 saturated heterocycles. The van der Waals surface area contributed by atoms with Gasteiger partial charge in [-0.3, -0.25) is 4.79 Å². The third-order valence-corrected chi connectivity index (χ3v) is 2.76. The van der Waals surface area contributed by atoms with Crippen LogP contribution in [0.25, 0.3) is 0 Å². The summed E-state index contributed by atoms with van der Waals surface area (Å²) in [5.74, 6) is -0.896. The number of rotatable bonds is 3. The van der Waals surface area contributed by atoms with Crippen LogP contribution in [0.15, 0.2) is 11.4 Å². The minimum Gasteiger partial charge on any atom is -0.481 e. The first-order valence-corrected chi connectivity index (χ1v) is 4.56. The molecule has 3 N–H and O–H groups in total. The first-order chi connectivity index (χ1) is 5.59. The molecule has 0 aliphatic heterocycles. The molecule has 66 valence electrons. The Morgan fingerprint density at radius 2 is 2.50 bits per heavy atom. The quantitative estimate of drug-likeness (QED) is 0.792. The number of carboxylic acids is 1. The van der Waals surface area contributed by atoms with E-state index in [4.69, 9.17) is 22.4 Å². The first kappa shape index (κ1) is 9.51. The minimum absolute atomic E-state index is 0.0587. The average molecular weight is 206 g/mol. The van der Waals surface area contributed by atoms with Crippen LogP contribution in [0.4, 0.5) is 0 Å². The summed E-state index contributed by atoms with van der Waals surface area (Å²) < 4.78 is 0. The van der Waals surface area contributed by atoms with Crippen molar-refractivity contribution < 1.29 is 9.90 Å². The molecule has 1 rings (SSSR count). The zero-order valence-electron chi connectivity index (χ0n) is 6.16. The monoisotopic (exact) mass is 205 g/mol. The molecule has 0 unspecified atom stereocenters. The van der Waals surface area contributed by atoms with Gasteiger partial charge in [0.25, 0.3) is 0 Å². The first-order valence-electron chi connectivity index (χ1n) is 3.31. The SMILES string of the molecule is N[C@@H](CC(=O)O)c1cc(Cl)cs1. The summed E-state index contributed by atoms with van der Waals surface area (Å²) in [5.41, 5.74) is 5.58. The Labute approximate surface area is 78.8 Å². The molecule has 12 heavy (non-hydrogen) atoms. The fourth-order valence-electron chi connectivity index (χ4n) is 0.811. The van der Waals surface area contributed by atoms with Gasteiger partial charge in [0, 0.05) is 16.3 Å². The van der Waals surface area contributed by atoms with Gasteiger partial charge in [-0.15, -0.1) is 11.3 Å². The lowest BCUT2D eigenvalue weighted by Crippen LogP contribution is -2.13. The lowest BCUT2D eigenvalue weighted by Gasteiger charge is -2.04. The summed E-state index contributed by atoms with van der Waals surface area (Å²) in [5, 5.41) is 10.8. The normalized spacial score (nSPS) is 12.8. The zero-order valence-corrected chi connectivity index (χ0v) is 7.73. The molecule has 0 aromatic carbocycles. The van der Waals surface area contributed by atoms with Crippen LogP contribution >= 0.6 is 22.9 Å². The van der Waals surface area contributed by atoms with E-state index in [0.29, 0.717) is 5.02 Å². The Kier molecular flexibility index (Phi) is 3.08. The van der Waals surface area contributed by atoms with Gasteiger partial charge >= 0.3 is 5.97 Å². The Morgan fingerprint density at radius 3 is 2.92 bits per heavy atom. The van der Waals surface area contributed by atoms with Gasteiger partial charge in [-0.25, -0.2) is 0 Å². The molecule has 1 aromatic rings. The Bertz CT molecular complexity index is 287. The molecule has 0 amide bonds. The Balaban J connectivity index is 2.64. The van der Waals surface area contributed by atoms with Crippen molar-refractivity contribution in [2.24, 2.45) is 5.73 Å². The van der Waals surface area contributed by atoms with Crippen molar-refractivity contribution in [2.45, 2.75) is 12.5 Å². The third kappa shape index (κ3) is 2.48. The Morgan fingerprint density at radius 1 is 1.83 bits per heavy atom. The van der Waals surface area contributed by atoms with Crippen LogP contribution < -0.4 is 5.73 Å². The van der Waals surface area contributed by atoms with Crippen molar-refractivity contribution in [3.8, 4) is 0 Å². The molecule has 0 spiro atoms. The maximum Gasteiger partial charge on any atom is 0.305 e.